The van der Waals surface area contributed by atoms with Crippen LogP contribution in [0.3, 0.4) is 0 Å². The maximum Gasteiger partial charge on any atom is 0.233 e. The molecular formula is C11H25N3O. The number of nitrogens with zero attached hydrogens (tertiary/aromatic N) is 1. The number of unbranched alkanes of at least 4 members (excludes halogenated alkanes) is 1. The van der Waals surface area contributed by atoms with Crippen LogP contribution in [-0.2, 0) is 4.79 Å². The first-order chi connectivity index (χ1) is 7.07. The molecule has 0 unspecified atom stereocenters. The van der Waals surface area contributed by atoms with Gasteiger partial charge in [-0.25, -0.2) is 0 Å². The Kier molecular flexibility index (Phi) is 8.33. The van der Waals surface area contributed by atoms with Crippen molar-refractivity contribution in [2.24, 2.45) is 0 Å². The molecular weight excluding hydrogens is 190 g/mol. The van der Waals surface area contributed by atoms with Crippen molar-refractivity contribution in [3.05, 3.63) is 0 Å². The van der Waals surface area contributed by atoms with Crippen molar-refractivity contribution in [3.63, 3.8) is 0 Å². The van der Waals surface area contributed by atoms with Gasteiger partial charge in [0.05, 0.1) is 6.54 Å². The molecule has 0 rings (SSSR count). The Hall–Kier alpha value is -0.610. The summed E-state index contributed by atoms with van der Waals surface area (Å²) in [4.78, 5) is 13.4. The molecule has 90 valence electrons. The van der Waals surface area contributed by atoms with Crippen molar-refractivity contribution in [2.75, 3.05) is 33.7 Å². The second kappa shape index (κ2) is 8.68. The van der Waals surface area contributed by atoms with Crippen LogP contribution in [0.25, 0.3) is 0 Å². The minimum absolute atomic E-state index is 0.0784. The third-order valence-electron chi connectivity index (χ3n) is 2.48. The maximum atomic E-state index is 11.1. The standard InChI is InChI=1S/C11H25N3O/c1-10(2)14(4)8-6-5-7-13-11(15)9-12-3/h10,12H,5-9H2,1-4H3,(H,13,15). The summed E-state index contributed by atoms with van der Waals surface area (Å²) in [7, 11) is 3.90. The van der Waals surface area contributed by atoms with Gasteiger partial charge in [-0.15, -0.1) is 0 Å². The van der Waals surface area contributed by atoms with Crippen LogP contribution in [0.2, 0.25) is 0 Å². The number of nitrogens with one attached hydrogen (secondary N) is 2. The minimum atomic E-state index is 0.0784. The number of hydrogen-bond acceptors (Lipinski definition) is 3. The summed E-state index contributed by atoms with van der Waals surface area (Å²) in [5.41, 5.74) is 0. The van der Waals surface area contributed by atoms with Crippen LogP contribution in [0.5, 0.6) is 0 Å². The first-order valence-electron chi connectivity index (χ1n) is 5.69. The highest BCUT2D eigenvalue weighted by Crippen LogP contribution is 1.96. The van der Waals surface area contributed by atoms with E-state index in [4.69, 9.17) is 0 Å². The van der Waals surface area contributed by atoms with Gasteiger partial charge in [-0.3, -0.25) is 4.79 Å². The monoisotopic (exact) mass is 215 g/mol. The number of carbonyl (C=O) groups excluding carboxylic acids is 1. The molecule has 0 aromatic carbocycles. The van der Waals surface area contributed by atoms with E-state index in [9.17, 15) is 4.79 Å². The first-order valence-corrected chi connectivity index (χ1v) is 5.69. The van der Waals surface area contributed by atoms with Crippen LogP contribution in [0.15, 0.2) is 0 Å². The predicted octanol–water partition coefficient (Wildman–Crippen LogP) is 0.442. The van der Waals surface area contributed by atoms with E-state index in [1.807, 2.05) is 0 Å². The van der Waals surface area contributed by atoms with Crippen LogP contribution in [-0.4, -0.2) is 50.6 Å². The quantitative estimate of drug-likeness (QED) is 0.578. The molecule has 0 aromatic rings. The lowest BCUT2D eigenvalue weighted by atomic mass is 10.2. The third kappa shape index (κ3) is 8.39. The highest BCUT2D eigenvalue weighted by atomic mass is 16.1. The number of likely N-dealkylation sites (N-methyl/N-ethyl adjacent to an activating group) is 1. The van der Waals surface area contributed by atoms with Gasteiger partial charge >= 0.3 is 0 Å². The smallest absolute Gasteiger partial charge is 0.233 e. The van der Waals surface area contributed by atoms with Crippen molar-refractivity contribution in [3.8, 4) is 0 Å². The average molecular weight is 215 g/mol. The largest absolute Gasteiger partial charge is 0.355 e. The SMILES string of the molecule is CNCC(=O)NCCCCN(C)C(C)C. The highest BCUT2D eigenvalue weighted by Gasteiger charge is 2.02. The van der Waals surface area contributed by atoms with Crippen molar-refractivity contribution < 1.29 is 4.79 Å². The van der Waals surface area contributed by atoms with E-state index in [0.717, 1.165) is 25.9 Å². The van der Waals surface area contributed by atoms with E-state index in [1.54, 1.807) is 7.05 Å². The van der Waals surface area contributed by atoms with E-state index in [0.29, 0.717) is 12.6 Å². The Morgan fingerprint density at radius 1 is 1.33 bits per heavy atom. The maximum absolute atomic E-state index is 11.1. The van der Waals surface area contributed by atoms with Gasteiger partial charge in [0.2, 0.25) is 5.91 Å². The average Bonchev–Trinajstić information content (AvgIpc) is 2.17. The van der Waals surface area contributed by atoms with Gasteiger partial charge in [-0.2, -0.15) is 0 Å². The second-order valence-electron chi connectivity index (χ2n) is 4.16. The summed E-state index contributed by atoms with van der Waals surface area (Å²) in [6.07, 6.45) is 2.18. The van der Waals surface area contributed by atoms with Gasteiger partial charge in [-0.05, 0) is 47.3 Å². The molecule has 0 heterocycles. The molecule has 15 heavy (non-hydrogen) atoms. The fourth-order valence-electron chi connectivity index (χ4n) is 1.20. The summed E-state index contributed by atoms with van der Waals surface area (Å²) in [6, 6.07) is 0.601. The number of hydrogen-bond donors (Lipinski definition) is 2. The van der Waals surface area contributed by atoms with Crippen LogP contribution >= 0.6 is 0 Å². The number of rotatable bonds is 8. The summed E-state index contributed by atoms with van der Waals surface area (Å²) in [5, 5.41) is 5.69. The summed E-state index contributed by atoms with van der Waals surface area (Å²) < 4.78 is 0. The molecule has 0 radical (unpaired) electrons. The Morgan fingerprint density at radius 2 is 2.00 bits per heavy atom. The van der Waals surface area contributed by atoms with Crippen molar-refractivity contribution in [2.45, 2.75) is 32.7 Å². The zero-order valence-electron chi connectivity index (χ0n) is 10.5. The minimum Gasteiger partial charge on any atom is -0.355 e. The summed E-state index contributed by atoms with van der Waals surface area (Å²) in [6.45, 7) is 6.67. The normalized spacial score (nSPS) is 11.1. The van der Waals surface area contributed by atoms with E-state index in [1.165, 1.54) is 0 Å². The predicted molar refractivity (Wildman–Crippen MR) is 63.9 cm³/mol. The van der Waals surface area contributed by atoms with Crippen LogP contribution < -0.4 is 10.6 Å². The van der Waals surface area contributed by atoms with E-state index in [2.05, 4.69) is 36.4 Å². The number of carbonyl (C=O) groups is 1. The molecule has 0 aliphatic rings. The van der Waals surface area contributed by atoms with Crippen LogP contribution in [0.1, 0.15) is 26.7 Å². The summed E-state index contributed by atoms with van der Waals surface area (Å²) in [5.74, 6) is 0.0784. The Labute approximate surface area is 93.4 Å². The van der Waals surface area contributed by atoms with Crippen molar-refractivity contribution in [1.82, 2.24) is 15.5 Å². The van der Waals surface area contributed by atoms with E-state index < -0.39 is 0 Å². The Morgan fingerprint density at radius 3 is 2.53 bits per heavy atom. The zero-order chi connectivity index (χ0) is 11.7. The lowest BCUT2D eigenvalue weighted by Gasteiger charge is -2.20. The molecule has 0 aliphatic heterocycles. The molecule has 2 N–H and O–H groups in total. The molecule has 0 spiro atoms. The molecule has 0 atom stereocenters. The molecule has 1 amide bonds. The zero-order valence-corrected chi connectivity index (χ0v) is 10.5. The molecule has 0 saturated carbocycles. The molecule has 0 fully saturated rings. The van der Waals surface area contributed by atoms with Crippen LogP contribution in [0.4, 0.5) is 0 Å². The van der Waals surface area contributed by atoms with Gasteiger partial charge in [0, 0.05) is 12.6 Å². The fourth-order valence-corrected chi connectivity index (χ4v) is 1.20. The van der Waals surface area contributed by atoms with Crippen molar-refractivity contribution in [1.29, 1.82) is 0 Å². The van der Waals surface area contributed by atoms with Gasteiger partial charge in [0.25, 0.3) is 0 Å². The van der Waals surface area contributed by atoms with Gasteiger partial charge in [0.15, 0.2) is 0 Å². The third-order valence-corrected chi connectivity index (χ3v) is 2.48. The summed E-state index contributed by atoms with van der Waals surface area (Å²) >= 11 is 0. The molecule has 4 heteroatoms. The van der Waals surface area contributed by atoms with E-state index >= 15 is 0 Å². The first kappa shape index (κ1) is 14.4. The second-order valence-corrected chi connectivity index (χ2v) is 4.16. The Balaban J connectivity index is 3.28. The van der Waals surface area contributed by atoms with Crippen LogP contribution in [0, 0.1) is 0 Å². The van der Waals surface area contributed by atoms with E-state index in [-0.39, 0.29) is 5.91 Å². The lowest BCUT2D eigenvalue weighted by Crippen LogP contribution is -2.33. The van der Waals surface area contributed by atoms with Gasteiger partial charge in [0.1, 0.15) is 0 Å². The van der Waals surface area contributed by atoms with Gasteiger partial charge < -0.3 is 15.5 Å². The molecule has 4 nitrogen and oxygen atoms in total. The molecule has 0 bridgehead atoms. The van der Waals surface area contributed by atoms with Crippen molar-refractivity contribution >= 4 is 5.91 Å². The lowest BCUT2D eigenvalue weighted by molar-refractivity contribution is -0.120. The molecule has 0 aliphatic carbocycles. The highest BCUT2D eigenvalue weighted by molar-refractivity contribution is 5.77. The Bertz CT molecular complexity index is 171. The molecule has 0 aromatic heterocycles. The fraction of sp³-hybridized carbons (Fsp3) is 0.909. The topological polar surface area (TPSA) is 44.4 Å². The number of amides is 1. The molecule has 0 saturated heterocycles. The van der Waals surface area contributed by atoms with Gasteiger partial charge in [-0.1, -0.05) is 0 Å².